The molecule has 3 atom stereocenters. The first-order valence-corrected chi connectivity index (χ1v) is 6.43. The van der Waals surface area contributed by atoms with E-state index in [-0.39, 0.29) is 0 Å². The first kappa shape index (κ1) is 10.1. The van der Waals surface area contributed by atoms with Crippen LogP contribution in [-0.2, 0) is 4.74 Å². The van der Waals surface area contributed by atoms with Crippen LogP contribution in [-0.4, -0.2) is 43.3 Å². The molecule has 86 valence electrons. The van der Waals surface area contributed by atoms with Crippen LogP contribution in [0.25, 0.3) is 0 Å². The van der Waals surface area contributed by atoms with Gasteiger partial charge in [-0.1, -0.05) is 0 Å². The first-order chi connectivity index (χ1) is 7.36. The molecule has 3 nitrogen and oxygen atoms in total. The molecule has 4 rings (SSSR count). The summed E-state index contributed by atoms with van der Waals surface area (Å²) in [5.74, 6) is 1.50. The zero-order valence-electron chi connectivity index (χ0n) is 9.40. The fraction of sp³-hybridized carbons (Fsp3) is 1.00. The van der Waals surface area contributed by atoms with Gasteiger partial charge in [0.25, 0.3) is 0 Å². The average Bonchev–Trinajstić information content (AvgIpc) is 2.31. The van der Waals surface area contributed by atoms with Crippen LogP contribution in [0.5, 0.6) is 0 Å². The van der Waals surface area contributed by atoms with Crippen molar-refractivity contribution >= 4 is 0 Å². The Morgan fingerprint density at radius 1 is 1.07 bits per heavy atom. The van der Waals surface area contributed by atoms with E-state index < -0.39 is 0 Å². The fourth-order valence-corrected chi connectivity index (χ4v) is 3.77. The summed E-state index contributed by atoms with van der Waals surface area (Å²) >= 11 is 0. The van der Waals surface area contributed by atoms with E-state index in [0.717, 1.165) is 19.1 Å². The Morgan fingerprint density at radius 2 is 1.87 bits per heavy atom. The van der Waals surface area contributed by atoms with Crippen LogP contribution in [0.4, 0.5) is 0 Å². The maximum absolute atomic E-state index is 6.40. The molecule has 4 fully saturated rings. The monoisotopic (exact) mass is 210 g/mol. The Kier molecular flexibility index (Phi) is 2.71. The van der Waals surface area contributed by atoms with Crippen molar-refractivity contribution in [2.45, 2.75) is 37.8 Å². The fourth-order valence-electron chi connectivity index (χ4n) is 3.77. The van der Waals surface area contributed by atoms with Crippen molar-refractivity contribution in [2.75, 3.05) is 26.3 Å². The van der Waals surface area contributed by atoms with Crippen molar-refractivity contribution in [1.82, 2.24) is 4.90 Å². The number of ether oxygens (including phenoxy) is 1. The number of piperidine rings is 3. The number of rotatable bonds is 1. The van der Waals surface area contributed by atoms with Gasteiger partial charge in [-0.05, 0) is 50.6 Å². The van der Waals surface area contributed by atoms with E-state index in [0.29, 0.717) is 18.0 Å². The Balaban J connectivity index is 1.73. The largest absolute Gasteiger partial charge is 0.381 e. The van der Waals surface area contributed by atoms with Crippen molar-refractivity contribution in [3.05, 3.63) is 0 Å². The van der Waals surface area contributed by atoms with Gasteiger partial charge in [-0.15, -0.1) is 0 Å². The molecule has 15 heavy (non-hydrogen) atoms. The van der Waals surface area contributed by atoms with Crippen LogP contribution in [0.2, 0.25) is 0 Å². The molecule has 4 aliphatic rings. The highest BCUT2D eigenvalue weighted by Crippen LogP contribution is 2.36. The summed E-state index contributed by atoms with van der Waals surface area (Å²) in [6.45, 7) is 4.46. The summed E-state index contributed by atoms with van der Waals surface area (Å²) < 4.78 is 5.61. The molecule has 3 unspecified atom stereocenters. The molecular formula is C12H22N2O. The average molecular weight is 210 g/mol. The quantitative estimate of drug-likeness (QED) is 0.697. The molecule has 4 heterocycles. The Bertz CT molecular complexity index is 218. The highest BCUT2D eigenvalue weighted by molar-refractivity contribution is 5.00. The lowest BCUT2D eigenvalue weighted by Crippen LogP contribution is -2.64. The summed E-state index contributed by atoms with van der Waals surface area (Å²) in [5, 5.41) is 0. The van der Waals surface area contributed by atoms with Crippen LogP contribution in [0.1, 0.15) is 25.7 Å². The van der Waals surface area contributed by atoms with Gasteiger partial charge in [-0.3, -0.25) is 4.90 Å². The highest BCUT2D eigenvalue weighted by atomic mass is 16.5. The normalized spacial score (nSPS) is 50.6. The number of nitrogens with two attached hydrogens (primary N) is 1. The van der Waals surface area contributed by atoms with Crippen LogP contribution >= 0.6 is 0 Å². The van der Waals surface area contributed by atoms with Gasteiger partial charge in [0, 0.05) is 18.7 Å². The van der Waals surface area contributed by atoms with E-state index in [1.165, 1.54) is 38.8 Å². The molecule has 3 heteroatoms. The number of fused-ring (bicyclic) bond motifs is 3. The summed E-state index contributed by atoms with van der Waals surface area (Å²) in [6, 6.07) is 1.04. The van der Waals surface area contributed by atoms with Crippen LogP contribution in [0, 0.1) is 11.8 Å². The van der Waals surface area contributed by atoms with Crippen molar-refractivity contribution in [2.24, 2.45) is 17.6 Å². The molecule has 0 saturated carbocycles. The third-order valence-corrected chi connectivity index (χ3v) is 4.61. The van der Waals surface area contributed by atoms with Gasteiger partial charge in [0.05, 0.1) is 6.61 Å². The summed E-state index contributed by atoms with van der Waals surface area (Å²) in [4.78, 5) is 2.63. The molecule has 2 bridgehead atoms. The molecule has 0 aromatic carbocycles. The van der Waals surface area contributed by atoms with Crippen molar-refractivity contribution in [3.8, 4) is 0 Å². The van der Waals surface area contributed by atoms with E-state index >= 15 is 0 Å². The van der Waals surface area contributed by atoms with Gasteiger partial charge in [0.1, 0.15) is 0 Å². The highest BCUT2D eigenvalue weighted by Gasteiger charge is 2.43. The van der Waals surface area contributed by atoms with Crippen molar-refractivity contribution in [3.63, 3.8) is 0 Å². The first-order valence-electron chi connectivity index (χ1n) is 6.43. The predicted molar refractivity (Wildman–Crippen MR) is 59.6 cm³/mol. The van der Waals surface area contributed by atoms with Gasteiger partial charge in [-0.2, -0.15) is 0 Å². The van der Waals surface area contributed by atoms with E-state index in [9.17, 15) is 0 Å². The standard InChI is InChI=1S/C12H22N2O/c13-11-9-3-5-14(6-4-9)12(11)10-2-1-7-15-8-10/h9-12H,1-8,13H2. The molecule has 0 aromatic heterocycles. The SMILES string of the molecule is NC1C2CCN(CC2)C1C1CCCOC1. The maximum atomic E-state index is 6.40. The van der Waals surface area contributed by atoms with E-state index in [1.807, 2.05) is 0 Å². The van der Waals surface area contributed by atoms with Gasteiger partial charge in [-0.25, -0.2) is 0 Å². The minimum Gasteiger partial charge on any atom is -0.381 e. The number of hydrogen-bond acceptors (Lipinski definition) is 3. The van der Waals surface area contributed by atoms with Gasteiger partial charge in [0.2, 0.25) is 0 Å². The smallest absolute Gasteiger partial charge is 0.0509 e. The third-order valence-electron chi connectivity index (χ3n) is 4.61. The van der Waals surface area contributed by atoms with Crippen LogP contribution in [0.15, 0.2) is 0 Å². The molecule has 0 amide bonds. The van der Waals surface area contributed by atoms with E-state index in [2.05, 4.69) is 4.90 Å². The molecule has 0 spiro atoms. The Labute approximate surface area is 91.9 Å². The number of nitrogens with zero attached hydrogens (tertiary/aromatic N) is 1. The van der Waals surface area contributed by atoms with Crippen LogP contribution < -0.4 is 5.73 Å². The van der Waals surface area contributed by atoms with Crippen LogP contribution in [0.3, 0.4) is 0 Å². The molecule has 4 saturated heterocycles. The summed E-state index contributed by atoms with van der Waals surface area (Å²) in [7, 11) is 0. The van der Waals surface area contributed by atoms with Gasteiger partial charge >= 0.3 is 0 Å². The molecule has 0 radical (unpaired) electrons. The summed E-state index contributed by atoms with van der Waals surface area (Å²) in [6.07, 6.45) is 5.20. The second-order valence-corrected chi connectivity index (χ2v) is 5.42. The second kappa shape index (κ2) is 4.04. The van der Waals surface area contributed by atoms with Gasteiger partial charge in [0.15, 0.2) is 0 Å². The lowest BCUT2D eigenvalue weighted by Gasteiger charge is -2.53. The van der Waals surface area contributed by atoms with E-state index in [1.54, 1.807) is 0 Å². The molecular weight excluding hydrogens is 188 g/mol. The zero-order valence-corrected chi connectivity index (χ0v) is 9.40. The minimum absolute atomic E-state index is 0.416. The Morgan fingerprint density at radius 3 is 2.47 bits per heavy atom. The third kappa shape index (κ3) is 1.71. The molecule has 0 aromatic rings. The van der Waals surface area contributed by atoms with Crippen molar-refractivity contribution < 1.29 is 4.74 Å². The maximum Gasteiger partial charge on any atom is 0.0509 e. The molecule has 0 aliphatic carbocycles. The van der Waals surface area contributed by atoms with Gasteiger partial charge < -0.3 is 10.5 Å². The van der Waals surface area contributed by atoms with E-state index in [4.69, 9.17) is 10.5 Å². The predicted octanol–water partition coefficient (Wildman–Crippen LogP) is 0.834. The zero-order chi connectivity index (χ0) is 10.3. The lowest BCUT2D eigenvalue weighted by molar-refractivity contribution is -0.0487. The number of hydrogen-bond donors (Lipinski definition) is 1. The topological polar surface area (TPSA) is 38.5 Å². The minimum atomic E-state index is 0.416. The molecule has 2 N–H and O–H groups in total. The lowest BCUT2D eigenvalue weighted by atomic mass is 9.73. The Hall–Kier alpha value is -0.120. The molecule has 4 aliphatic heterocycles. The summed E-state index contributed by atoms with van der Waals surface area (Å²) in [5.41, 5.74) is 6.40. The van der Waals surface area contributed by atoms with Crippen molar-refractivity contribution in [1.29, 1.82) is 0 Å². The second-order valence-electron chi connectivity index (χ2n) is 5.42.